The molecule has 3 rings (SSSR count). The number of benzene rings is 2. The summed E-state index contributed by atoms with van der Waals surface area (Å²) in [5.41, 5.74) is 6.70. The van der Waals surface area contributed by atoms with Gasteiger partial charge in [0.05, 0.1) is 18.5 Å². The van der Waals surface area contributed by atoms with Crippen molar-refractivity contribution >= 4 is 12.1 Å². The van der Waals surface area contributed by atoms with Crippen LogP contribution in [0.4, 0.5) is 0 Å². The van der Waals surface area contributed by atoms with Crippen LogP contribution < -0.4 is 10.2 Å². The van der Waals surface area contributed by atoms with Crippen molar-refractivity contribution in [2.24, 2.45) is 5.10 Å². The molecule has 2 N–H and O–H groups in total. The standard InChI is InChI=1S/C23H26N4O2/c1-5-29-19-12-8-17(9-13-19)20-14-21(26-25-20)22(28)27-24-15-16-6-10-18(11-7-16)23(2,3)4/h6-15H,5H2,1-4H3,(H,25,26)(H,27,28)/b24-15+. The van der Waals surface area contributed by atoms with Crippen LogP contribution >= 0.6 is 0 Å². The van der Waals surface area contributed by atoms with Crippen molar-refractivity contribution in [1.82, 2.24) is 15.6 Å². The van der Waals surface area contributed by atoms with E-state index in [0.717, 1.165) is 16.9 Å². The minimum atomic E-state index is -0.350. The smallest absolute Gasteiger partial charge is 0.289 e. The summed E-state index contributed by atoms with van der Waals surface area (Å²) in [6, 6.07) is 17.4. The van der Waals surface area contributed by atoms with Crippen LogP contribution in [0.1, 0.15) is 49.3 Å². The summed E-state index contributed by atoms with van der Waals surface area (Å²) in [6.45, 7) is 9.07. The monoisotopic (exact) mass is 390 g/mol. The molecule has 0 spiro atoms. The Hall–Kier alpha value is -3.41. The zero-order valence-electron chi connectivity index (χ0n) is 17.2. The number of carbonyl (C=O) groups excluding carboxylic acids is 1. The average Bonchev–Trinajstić information content (AvgIpc) is 3.19. The van der Waals surface area contributed by atoms with Gasteiger partial charge in [-0.3, -0.25) is 9.89 Å². The molecule has 1 heterocycles. The number of nitrogens with one attached hydrogen (secondary N) is 2. The fourth-order valence-corrected chi connectivity index (χ4v) is 2.77. The summed E-state index contributed by atoms with van der Waals surface area (Å²) in [5.74, 6) is 0.451. The number of rotatable bonds is 6. The SMILES string of the molecule is CCOc1ccc(-c2cc(C(=O)N/N=C/c3ccc(C(C)(C)C)cc3)[nH]n2)cc1. The lowest BCUT2D eigenvalue weighted by Gasteiger charge is -2.18. The summed E-state index contributed by atoms with van der Waals surface area (Å²) in [5, 5.41) is 11.0. The molecule has 0 aliphatic heterocycles. The molecule has 0 radical (unpaired) electrons. The molecular weight excluding hydrogens is 364 g/mol. The molecule has 1 aromatic heterocycles. The van der Waals surface area contributed by atoms with Crippen LogP contribution in [-0.4, -0.2) is 28.9 Å². The predicted octanol–water partition coefficient (Wildman–Crippen LogP) is 4.54. The Morgan fingerprint density at radius 2 is 1.83 bits per heavy atom. The van der Waals surface area contributed by atoms with E-state index in [-0.39, 0.29) is 11.3 Å². The summed E-state index contributed by atoms with van der Waals surface area (Å²) < 4.78 is 5.44. The number of nitrogens with zero attached hydrogens (tertiary/aromatic N) is 2. The van der Waals surface area contributed by atoms with E-state index in [4.69, 9.17) is 4.74 Å². The van der Waals surface area contributed by atoms with Gasteiger partial charge in [0, 0.05) is 5.56 Å². The zero-order chi connectivity index (χ0) is 20.9. The van der Waals surface area contributed by atoms with Crippen LogP contribution in [0.15, 0.2) is 59.7 Å². The Bertz CT molecular complexity index is 981. The maximum Gasteiger partial charge on any atom is 0.289 e. The molecule has 0 saturated carbocycles. The van der Waals surface area contributed by atoms with E-state index >= 15 is 0 Å². The number of carbonyl (C=O) groups is 1. The van der Waals surface area contributed by atoms with Gasteiger partial charge in [0.15, 0.2) is 0 Å². The van der Waals surface area contributed by atoms with Crippen LogP contribution in [-0.2, 0) is 5.41 Å². The minimum absolute atomic E-state index is 0.103. The van der Waals surface area contributed by atoms with Crippen molar-refractivity contribution in [2.75, 3.05) is 6.61 Å². The Balaban J connectivity index is 1.60. The molecule has 0 atom stereocenters. The van der Waals surface area contributed by atoms with Gasteiger partial charge in [-0.05, 0) is 53.8 Å². The highest BCUT2D eigenvalue weighted by Gasteiger charge is 2.13. The molecule has 1 amide bonds. The second-order valence-corrected chi connectivity index (χ2v) is 7.70. The number of aromatic nitrogens is 2. The number of aromatic amines is 1. The summed E-state index contributed by atoms with van der Waals surface area (Å²) >= 11 is 0. The molecule has 150 valence electrons. The number of H-pyrrole nitrogens is 1. The number of ether oxygens (including phenoxy) is 1. The Morgan fingerprint density at radius 1 is 1.14 bits per heavy atom. The largest absolute Gasteiger partial charge is 0.494 e. The Kier molecular flexibility index (Phi) is 6.12. The van der Waals surface area contributed by atoms with Crippen molar-refractivity contribution in [3.63, 3.8) is 0 Å². The quantitative estimate of drug-likeness (QED) is 0.479. The maximum absolute atomic E-state index is 12.3. The molecule has 0 aliphatic rings. The van der Waals surface area contributed by atoms with Crippen molar-refractivity contribution < 1.29 is 9.53 Å². The third-order valence-corrected chi connectivity index (χ3v) is 4.44. The molecule has 6 heteroatoms. The normalized spacial score (nSPS) is 11.6. The molecule has 29 heavy (non-hydrogen) atoms. The van der Waals surface area contributed by atoms with E-state index in [1.165, 1.54) is 5.56 Å². The predicted molar refractivity (Wildman–Crippen MR) is 115 cm³/mol. The first-order valence-electron chi connectivity index (χ1n) is 9.59. The first-order valence-corrected chi connectivity index (χ1v) is 9.59. The second-order valence-electron chi connectivity index (χ2n) is 7.70. The summed E-state index contributed by atoms with van der Waals surface area (Å²) in [6.07, 6.45) is 1.62. The number of hydrogen-bond acceptors (Lipinski definition) is 4. The molecule has 6 nitrogen and oxygen atoms in total. The lowest BCUT2D eigenvalue weighted by atomic mass is 9.87. The molecule has 0 unspecified atom stereocenters. The fraction of sp³-hybridized carbons (Fsp3) is 0.261. The average molecular weight is 390 g/mol. The molecule has 2 aromatic carbocycles. The van der Waals surface area contributed by atoms with Crippen LogP contribution in [0, 0.1) is 0 Å². The molecule has 3 aromatic rings. The van der Waals surface area contributed by atoms with Gasteiger partial charge in [0.25, 0.3) is 5.91 Å². The van der Waals surface area contributed by atoms with Gasteiger partial charge in [0.1, 0.15) is 11.4 Å². The van der Waals surface area contributed by atoms with Crippen LogP contribution in [0.2, 0.25) is 0 Å². The Morgan fingerprint density at radius 3 is 2.45 bits per heavy atom. The topological polar surface area (TPSA) is 79.4 Å². The van der Waals surface area contributed by atoms with Gasteiger partial charge in [-0.15, -0.1) is 0 Å². The number of hydrazone groups is 1. The van der Waals surface area contributed by atoms with Crippen molar-refractivity contribution in [3.8, 4) is 17.0 Å². The van der Waals surface area contributed by atoms with E-state index in [1.807, 2.05) is 43.3 Å². The number of hydrogen-bond donors (Lipinski definition) is 2. The first kappa shape index (κ1) is 20.3. The van der Waals surface area contributed by atoms with E-state index in [1.54, 1.807) is 12.3 Å². The first-order chi connectivity index (χ1) is 13.9. The van der Waals surface area contributed by atoms with Gasteiger partial charge >= 0.3 is 0 Å². The summed E-state index contributed by atoms with van der Waals surface area (Å²) in [7, 11) is 0. The fourth-order valence-electron chi connectivity index (χ4n) is 2.77. The van der Waals surface area contributed by atoms with Crippen molar-refractivity contribution in [2.45, 2.75) is 33.1 Å². The van der Waals surface area contributed by atoms with Crippen LogP contribution in [0.3, 0.4) is 0 Å². The Labute approximate surface area is 171 Å². The summed E-state index contributed by atoms with van der Waals surface area (Å²) in [4.78, 5) is 12.3. The lowest BCUT2D eigenvalue weighted by molar-refractivity contribution is 0.0950. The second kappa shape index (κ2) is 8.73. The highest BCUT2D eigenvalue weighted by atomic mass is 16.5. The molecule has 0 aliphatic carbocycles. The maximum atomic E-state index is 12.3. The third kappa shape index (κ3) is 5.31. The van der Waals surface area contributed by atoms with Gasteiger partial charge in [-0.2, -0.15) is 10.2 Å². The highest BCUT2D eigenvalue weighted by Crippen LogP contribution is 2.22. The van der Waals surface area contributed by atoms with Crippen LogP contribution in [0.5, 0.6) is 5.75 Å². The van der Waals surface area contributed by atoms with E-state index < -0.39 is 0 Å². The number of amides is 1. The molecule has 0 saturated heterocycles. The molecule has 0 fully saturated rings. The van der Waals surface area contributed by atoms with Gasteiger partial charge in [-0.25, -0.2) is 5.43 Å². The van der Waals surface area contributed by atoms with E-state index in [9.17, 15) is 4.79 Å². The van der Waals surface area contributed by atoms with E-state index in [2.05, 4.69) is 53.6 Å². The van der Waals surface area contributed by atoms with Gasteiger partial charge in [-0.1, -0.05) is 45.0 Å². The minimum Gasteiger partial charge on any atom is -0.494 e. The third-order valence-electron chi connectivity index (χ3n) is 4.44. The van der Waals surface area contributed by atoms with Crippen molar-refractivity contribution in [3.05, 3.63) is 71.4 Å². The zero-order valence-corrected chi connectivity index (χ0v) is 17.2. The highest BCUT2D eigenvalue weighted by molar-refractivity contribution is 5.94. The van der Waals surface area contributed by atoms with Crippen LogP contribution in [0.25, 0.3) is 11.3 Å². The molecule has 0 bridgehead atoms. The van der Waals surface area contributed by atoms with E-state index in [0.29, 0.717) is 18.0 Å². The van der Waals surface area contributed by atoms with Gasteiger partial charge in [0.2, 0.25) is 0 Å². The lowest BCUT2D eigenvalue weighted by Crippen LogP contribution is -2.18. The van der Waals surface area contributed by atoms with Gasteiger partial charge < -0.3 is 4.74 Å². The molecular formula is C23H26N4O2. The van der Waals surface area contributed by atoms with Crippen molar-refractivity contribution in [1.29, 1.82) is 0 Å².